The average molecular weight is 403 g/mol. The van der Waals surface area contributed by atoms with Crippen molar-refractivity contribution in [1.29, 1.82) is 0 Å². The fraction of sp³-hybridized carbons (Fsp3) is 0.692. The van der Waals surface area contributed by atoms with Gasteiger partial charge in [-0.25, -0.2) is 0 Å². The van der Waals surface area contributed by atoms with Crippen LogP contribution >= 0.6 is 0 Å². The second-order valence-corrected chi connectivity index (χ2v) is 15.5. The van der Waals surface area contributed by atoms with Crippen LogP contribution in [-0.4, -0.2) is 14.4 Å². The monoisotopic (exact) mass is 402 g/mol. The molecule has 0 fully saturated rings. The lowest BCUT2D eigenvalue weighted by Crippen LogP contribution is -2.44. The first kappa shape index (κ1) is 25.2. The van der Waals surface area contributed by atoms with Gasteiger partial charge in [0.2, 0.25) is 0 Å². The standard InChI is InChI=1S/C26H46OSi/c1-19(2)23-16-15-21(5)13-12-14-22(6)25(18-24(17-23)20(3)4)27-28(10,11)26(7,8)9/h14-15,23-25H,1,3,12-13,16-18H2,2,4-11H3/b21-15+,22-14+/t23-,24-,25-/m0/s1. The van der Waals surface area contributed by atoms with Crippen LogP contribution in [0.2, 0.25) is 18.1 Å². The third kappa shape index (κ3) is 7.52. The van der Waals surface area contributed by atoms with Crippen molar-refractivity contribution < 1.29 is 4.43 Å². The first-order valence-corrected chi connectivity index (χ1v) is 14.0. The van der Waals surface area contributed by atoms with E-state index >= 15 is 0 Å². The second-order valence-electron chi connectivity index (χ2n) is 10.7. The Labute approximate surface area is 177 Å². The summed E-state index contributed by atoms with van der Waals surface area (Å²) in [5, 5.41) is 0.218. The molecular weight excluding hydrogens is 356 g/mol. The molecule has 3 atom stereocenters. The van der Waals surface area contributed by atoms with Gasteiger partial charge in [-0.2, -0.15) is 0 Å². The average Bonchev–Trinajstić information content (AvgIpc) is 2.53. The fourth-order valence-corrected chi connectivity index (χ4v) is 4.91. The molecule has 1 nitrogen and oxygen atoms in total. The smallest absolute Gasteiger partial charge is 0.192 e. The van der Waals surface area contributed by atoms with Gasteiger partial charge in [0.15, 0.2) is 8.32 Å². The Morgan fingerprint density at radius 3 is 2.07 bits per heavy atom. The SMILES string of the molecule is C=C(C)[C@H]1C/C=C(\C)CC/C=C(\C)[C@@H](O[Si](C)(C)C(C)(C)C)C[C@@H](C(=C)C)C1. The molecule has 160 valence electrons. The molecule has 0 amide bonds. The zero-order valence-corrected chi connectivity index (χ0v) is 21.2. The molecule has 0 aromatic heterocycles. The molecule has 0 saturated carbocycles. The summed E-state index contributed by atoms with van der Waals surface area (Å²) >= 11 is 0. The van der Waals surface area contributed by atoms with Gasteiger partial charge >= 0.3 is 0 Å². The van der Waals surface area contributed by atoms with Gasteiger partial charge in [-0.15, -0.1) is 0 Å². The third-order valence-corrected chi connectivity index (χ3v) is 11.5. The van der Waals surface area contributed by atoms with Crippen LogP contribution in [0.4, 0.5) is 0 Å². The Hall–Kier alpha value is -0.863. The highest BCUT2D eigenvalue weighted by molar-refractivity contribution is 6.74. The predicted octanol–water partition coefficient (Wildman–Crippen LogP) is 8.62. The molecule has 0 aromatic rings. The maximum Gasteiger partial charge on any atom is 0.192 e. The van der Waals surface area contributed by atoms with Crippen molar-refractivity contribution >= 4 is 8.32 Å². The van der Waals surface area contributed by atoms with E-state index in [1.807, 2.05) is 0 Å². The molecule has 1 aliphatic carbocycles. The van der Waals surface area contributed by atoms with Crippen molar-refractivity contribution in [3.63, 3.8) is 0 Å². The van der Waals surface area contributed by atoms with Gasteiger partial charge in [-0.05, 0) is 95.3 Å². The molecule has 28 heavy (non-hydrogen) atoms. The first-order valence-electron chi connectivity index (χ1n) is 11.1. The van der Waals surface area contributed by atoms with Crippen molar-refractivity contribution in [1.82, 2.24) is 0 Å². The topological polar surface area (TPSA) is 9.23 Å². The molecule has 0 aromatic carbocycles. The third-order valence-electron chi connectivity index (χ3n) is 6.97. The van der Waals surface area contributed by atoms with Crippen LogP contribution in [0.3, 0.4) is 0 Å². The van der Waals surface area contributed by atoms with Crippen LogP contribution in [0.15, 0.2) is 47.6 Å². The molecule has 0 saturated heterocycles. The van der Waals surface area contributed by atoms with Gasteiger partial charge in [-0.3, -0.25) is 0 Å². The Morgan fingerprint density at radius 1 is 1.00 bits per heavy atom. The van der Waals surface area contributed by atoms with Crippen molar-refractivity contribution in [2.75, 3.05) is 0 Å². The lowest BCUT2D eigenvalue weighted by atomic mass is 9.80. The van der Waals surface area contributed by atoms with E-state index in [0.29, 0.717) is 11.8 Å². The molecule has 1 aliphatic rings. The first-order chi connectivity index (χ1) is 12.7. The molecular formula is C26H46OSi. The van der Waals surface area contributed by atoms with E-state index < -0.39 is 8.32 Å². The molecule has 0 unspecified atom stereocenters. The minimum atomic E-state index is -1.84. The van der Waals surface area contributed by atoms with Gasteiger partial charge in [-0.1, -0.05) is 62.8 Å². The van der Waals surface area contributed by atoms with E-state index in [0.717, 1.165) is 32.1 Å². The van der Waals surface area contributed by atoms with E-state index in [1.54, 1.807) is 0 Å². The summed E-state index contributed by atoms with van der Waals surface area (Å²) in [5.74, 6) is 0.988. The van der Waals surface area contributed by atoms with Crippen LogP contribution in [0.5, 0.6) is 0 Å². The fourth-order valence-electron chi connectivity index (χ4n) is 3.56. The molecule has 0 N–H and O–H groups in total. The van der Waals surface area contributed by atoms with Crippen LogP contribution in [0.1, 0.15) is 80.6 Å². The van der Waals surface area contributed by atoms with Crippen molar-refractivity contribution in [3.05, 3.63) is 47.6 Å². The normalized spacial score (nSPS) is 29.5. The zero-order valence-electron chi connectivity index (χ0n) is 20.2. The summed E-state index contributed by atoms with van der Waals surface area (Å²) in [7, 11) is -1.84. The van der Waals surface area contributed by atoms with Gasteiger partial charge in [0, 0.05) is 0 Å². The maximum absolute atomic E-state index is 6.95. The Balaban J connectivity index is 3.26. The minimum absolute atomic E-state index is 0.192. The van der Waals surface area contributed by atoms with Crippen molar-refractivity contribution in [3.8, 4) is 0 Å². The maximum atomic E-state index is 6.95. The molecule has 0 bridgehead atoms. The number of hydrogen-bond donors (Lipinski definition) is 0. The Kier molecular flexibility index (Phi) is 9.22. The van der Waals surface area contributed by atoms with E-state index in [4.69, 9.17) is 4.43 Å². The summed E-state index contributed by atoms with van der Waals surface area (Å²) in [5.41, 5.74) is 5.46. The molecule has 0 spiro atoms. The van der Waals surface area contributed by atoms with E-state index in [-0.39, 0.29) is 11.1 Å². The van der Waals surface area contributed by atoms with E-state index in [9.17, 15) is 0 Å². The van der Waals surface area contributed by atoms with E-state index in [1.165, 1.54) is 22.3 Å². The van der Waals surface area contributed by atoms with E-state index in [2.05, 4.69) is 86.9 Å². The van der Waals surface area contributed by atoms with Gasteiger partial charge in [0.05, 0.1) is 6.10 Å². The zero-order chi connectivity index (χ0) is 21.7. The quantitative estimate of drug-likeness (QED) is 0.338. The van der Waals surface area contributed by atoms with Crippen molar-refractivity contribution in [2.45, 2.75) is 105 Å². The summed E-state index contributed by atoms with van der Waals surface area (Å²) in [6.45, 7) is 29.3. The van der Waals surface area contributed by atoms with Gasteiger partial charge in [0.25, 0.3) is 0 Å². The minimum Gasteiger partial charge on any atom is -0.410 e. The van der Waals surface area contributed by atoms with Crippen LogP contribution in [0, 0.1) is 11.8 Å². The van der Waals surface area contributed by atoms with Gasteiger partial charge in [0.1, 0.15) is 0 Å². The Morgan fingerprint density at radius 2 is 1.57 bits per heavy atom. The number of rotatable bonds is 4. The number of allylic oxidation sites excluding steroid dienone is 5. The number of hydrogen-bond acceptors (Lipinski definition) is 1. The predicted molar refractivity (Wildman–Crippen MR) is 129 cm³/mol. The summed E-state index contributed by atoms with van der Waals surface area (Å²) in [6.07, 6.45) is 10.5. The highest BCUT2D eigenvalue weighted by Gasteiger charge is 2.40. The summed E-state index contributed by atoms with van der Waals surface area (Å²) in [6, 6.07) is 0. The summed E-state index contributed by atoms with van der Waals surface area (Å²) in [4.78, 5) is 0. The molecule has 0 radical (unpaired) electrons. The second kappa shape index (κ2) is 10.3. The van der Waals surface area contributed by atoms with Crippen molar-refractivity contribution in [2.24, 2.45) is 11.8 Å². The molecule has 0 aliphatic heterocycles. The molecule has 1 rings (SSSR count). The van der Waals surface area contributed by atoms with Crippen LogP contribution in [-0.2, 0) is 4.43 Å². The highest BCUT2D eigenvalue weighted by atomic mass is 28.4. The highest BCUT2D eigenvalue weighted by Crippen LogP contribution is 2.40. The van der Waals surface area contributed by atoms with Crippen LogP contribution < -0.4 is 0 Å². The largest absolute Gasteiger partial charge is 0.410 e. The molecule has 0 heterocycles. The molecule has 2 heteroatoms. The lowest BCUT2D eigenvalue weighted by molar-refractivity contribution is 0.181. The summed E-state index contributed by atoms with van der Waals surface area (Å²) < 4.78 is 6.95. The Bertz CT molecular complexity index is 615. The van der Waals surface area contributed by atoms with Crippen LogP contribution in [0.25, 0.3) is 0 Å². The lowest BCUT2D eigenvalue weighted by Gasteiger charge is -2.41. The van der Waals surface area contributed by atoms with Gasteiger partial charge < -0.3 is 4.43 Å².